The van der Waals surface area contributed by atoms with Crippen molar-refractivity contribution in [2.45, 2.75) is 175 Å². The zero-order valence-corrected chi connectivity index (χ0v) is 22.5. The first-order valence-electron chi connectivity index (χ1n) is 14.7. The molecule has 0 aliphatic heterocycles. The van der Waals surface area contributed by atoms with Gasteiger partial charge in [0.15, 0.2) is 0 Å². The Labute approximate surface area is 202 Å². The molecular weight excluding hydrogens is 392 g/mol. The van der Waals surface area contributed by atoms with E-state index in [0.717, 1.165) is 24.7 Å². The van der Waals surface area contributed by atoms with Crippen LogP contribution in [0.3, 0.4) is 0 Å². The highest BCUT2D eigenvalue weighted by molar-refractivity contribution is 5.66. The van der Waals surface area contributed by atoms with Gasteiger partial charge in [0.2, 0.25) is 0 Å². The molecule has 0 aromatic heterocycles. The van der Waals surface area contributed by atoms with Crippen molar-refractivity contribution in [3.63, 3.8) is 0 Å². The quantitative estimate of drug-likeness (QED) is 0.132. The minimum Gasteiger partial charge on any atom is -0.481 e. The first-order valence-corrected chi connectivity index (χ1v) is 14.7. The molecule has 0 saturated carbocycles. The van der Waals surface area contributed by atoms with Crippen molar-refractivity contribution in [1.82, 2.24) is 0 Å². The molecule has 2 nitrogen and oxygen atoms in total. The molecule has 0 saturated heterocycles. The molecule has 0 spiro atoms. The summed E-state index contributed by atoms with van der Waals surface area (Å²) in [6.07, 6.45) is 32.0. The largest absolute Gasteiger partial charge is 0.481 e. The number of hydrogen-bond donors (Lipinski definition) is 1. The number of carbonyl (C=O) groups is 1. The van der Waals surface area contributed by atoms with Gasteiger partial charge in [-0.15, -0.1) is 0 Å². The molecule has 32 heavy (non-hydrogen) atoms. The molecule has 1 N–H and O–H groups in total. The fourth-order valence-corrected chi connectivity index (χ4v) is 4.79. The molecule has 1 atom stereocenters. The Morgan fingerprint density at radius 3 is 1.06 bits per heavy atom. The summed E-state index contributed by atoms with van der Waals surface area (Å²) in [7, 11) is 0. The Morgan fingerprint density at radius 1 is 0.469 bits per heavy atom. The van der Waals surface area contributed by atoms with Crippen molar-refractivity contribution in [3.8, 4) is 0 Å². The van der Waals surface area contributed by atoms with Gasteiger partial charge in [-0.1, -0.05) is 162 Å². The van der Waals surface area contributed by atoms with E-state index in [9.17, 15) is 4.79 Å². The van der Waals surface area contributed by atoms with Gasteiger partial charge in [-0.05, 0) is 18.3 Å². The van der Waals surface area contributed by atoms with Crippen LogP contribution in [0.2, 0.25) is 0 Å². The Bertz CT molecular complexity index is 377. The number of aliphatic carboxylic acids is 1. The van der Waals surface area contributed by atoms with Crippen LogP contribution in [0.1, 0.15) is 175 Å². The molecule has 0 aliphatic rings. The summed E-state index contributed by atoms with van der Waals surface area (Å²) >= 11 is 0. The summed E-state index contributed by atoms with van der Waals surface area (Å²) in [5.41, 5.74) is 0. The van der Waals surface area contributed by atoms with E-state index >= 15 is 0 Å². The van der Waals surface area contributed by atoms with Gasteiger partial charge in [0, 0.05) is 6.42 Å². The van der Waals surface area contributed by atoms with Crippen LogP contribution >= 0.6 is 0 Å². The van der Waals surface area contributed by atoms with Crippen molar-refractivity contribution in [2.75, 3.05) is 0 Å². The minimum atomic E-state index is -0.650. The predicted octanol–water partition coefficient (Wildman–Crippen LogP) is 10.7. The van der Waals surface area contributed by atoms with Crippen molar-refractivity contribution < 1.29 is 9.90 Å². The van der Waals surface area contributed by atoms with Crippen LogP contribution in [-0.4, -0.2) is 11.1 Å². The number of carboxylic acids is 1. The molecule has 1 unspecified atom stereocenters. The summed E-state index contributed by atoms with van der Waals surface area (Å²) in [6.45, 7) is 7.15. The van der Waals surface area contributed by atoms with Gasteiger partial charge in [0.05, 0.1) is 0 Å². The Hall–Kier alpha value is -0.530. The Kier molecular flexibility index (Phi) is 24.7. The van der Waals surface area contributed by atoms with Gasteiger partial charge >= 0.3 is 5.97 Å². The number of rotatable bonds is 26. The third kappa shape index (κ3) is 27.5. The lowest BCUT2D eigenvalue weighted by Crippen LogP contribution is -1.95. The van der Waals surface area contributed by atoms with E-state index in [1.165, 1.54) is 135 Å². The van der Waals surface area contributed by atoms with Crippen LogP contribution in [0, 0.1) is 11.8 Å². The Balaban J connectivity index is 3.14. The second-order valence-corrected chi connectivity index (χ2v) is 11.1. The van der Waals surface area contributed by atoms with Crippen LogP contribution in [0.5, 0.6) is 0 Å². The lowest BCUT2D eigenvalue weighted by atomic mass is 9.95. The van der Waals surface area contributed by atoms with E-state index in [0.29, 0.717) is 6.42 Å². The molecule has 0 fully saturated rings. The number of unbranched alkanes of at least 4 members (excludes halogenated alkanes) is 18. The maximum absolute atomic E-state index is 10.4. The fraction of sp³-hybridized carbons (Fsp3) is 0.967. The van der Waals surface area contributed by atoms with E-state index in [4.69, 9.17) is 5.11 Å². The summed E-state index contributed by atoms with van der Waals surface area (Å²) < 4.78 is 0. The third-order valence-corrected chi connectivity index (χ3v) is 7.07. The molecule has 0 heterocycles. The van der Waals surface area contributed by atoms with Gasteiger partial charge in [0.1, 0.15) is 0 Å². The van der Waals surface area contributed by atoms with Crippen LogP contribution in [0.15, 0.2) is 0 Å². The molecule has 0 amide bonds. The molecule has 0 bridgehead atoms. The van der Waals surface area contributed by atoms with Crippen LogP contribution in [0.25, 0.3) is 0 Å². The van der Waals surface area contributed by atoms with Crippen LogP contribution in [0.4, 0.5) is 0 Å². The normalized spacial score (nSPS) is 12.5. The maximum Gasteiger partial charge on any atom is 0.303 e. The van der Waals surface area contributed by atoms with Crippen molar-refractivity contribution in [3.05, 3.63) is 0 Å². The SMILES string of the molecule is CC(C)CCCCCCCC(C)CCCCCCCCCCCCCCCCCC(=O)O. The van der Waals surface area contributed by atoms with Crippen molar-refractivity contribution >= 4 is 5.97 Å². The van der Waals surface area contributed by atoms with Crippen LogP contribution < -0.4 is 0 Å². The second kappa shape index (κ2) is 25.1. The molecular formula is C30H60O2. The fourth-order valence-electron chi connectivity index (χ4n) is 4.79. The van der Waals surface area contributed by atoms with Gasteiger partial charge in [0.25, 0.3) is 0 Å². The highest BCUT2D eigenvalue weighted by atomic mass is 16.4. The molecule has 0 aliphatic carbocycles. The molecule has 0 radical (unpaired) electrons. The van der Waals surface area contributed by atoms with E-state index in [1.807, 2.05) is 0 Å². The van der Waals surface area contributed by atoms with Crippen molar-refractivity contribution in [1.29, 1.82) is 0 Å². The molecule has 0 aromatic rings. The van der Waals surface area contributed by atoms with Gasteiger partial charge < -0.3 is 5.11 Å². The van der Waals surface area contributed by atoms with Gasteiger partial charge in [-0.25, -0.2) is 0 Å². The zero-order valence-electron chi connectivity index (χ0n) is 22.5. The van der Waals surface area contributed by atoms with E-state index in [-0.39, 0.29) is 0 Å². The Morgan fingerprint density at radius 2 is 0.750 bits per heavy atom. The van der Waals surface area contributed by atoms with Crippen LogP contribution in [-0.2, 0) is 4.79 Å². The van der Waals surface area contributed by atoms with Crippen molar-refractivity contribution in [2.24, 2.45) is 11.8 Å². The highest BCUT2D eigenvalue weighted by Gasteiger charge is 2.03. The maximum atomic E-state index is 10.4. The molecule has 0 rings (SSSR count). The van der Waals surface area contributed by atoms with Gasteiger partial charge in [-0.2, -0.15) is 0 Å². The third-order valence-electron chi connectivity index (χ3n) is 7.07. The van der Waals surface area contributed by atoms with Gasteiger partial charge in [-0.3, -0.25) is 4.79 Å². The average Bonchev–Trinajstić information content (AvgIpc) is 2.74. The molecule has 0 aromatic carbocycles. The lowest BCUT2D eigenvalue weighted by Gasteiger charge is -2.11. The molecule has 192 valence electrons. The smallest absolute Gasteiger partial charge is 0.303 e. The monoisotopic (exact) mass is 452 g/mol. The minimum absolute atomic E-state index is 0.345. The summed E-state index contributed by atoms with van der Waals surface area (Å²) in [4.78, 5) is 10.4. The first kappa shape index (κ1) is 31.5. The number of carboxylic acid groups (broad SMARTS) is 1. The summed E-state index contributed by atoms with van der Waals surface area (Å²) in [5, 5.41) is 8.61. The second-order valence-electron chi connectivity index (χ2n) is 11.1. The first-order chi connectivity index (χ1) is 15.5. The lowest BCUT2D eigenvalue weighted by molar-refractivity contribution is -0.137. The van der Waals surface area contributed by atoms with E-state index in [2.05, 4.69) is 20.8 Å². The predicted molar refractivity (Wildman–Crippen MR) is 142 cm³/mol. The average molecular weight is 453 g/mol. The highest BCUT2D eigenvalue weighted by Crippen LogP contribution is 2.19. The standard InChI is InChI=1S/C30H60O2/c1-28(2)24-20-16-15-18-22-26-29(3)25-21-17-13-11-9-7-5-4-6-8-10-12-14-19-23-27-30(31)32/h28-29H,4-27H2,1-3H3,(H,31,32). The number of hydrogen-bond acceptors (Lipinski definition) is 1. The summed E-state index contributed by atoms with van der Waals surface area (Å²) in [5.74, 6) is 1.17. The van der Waals surface area contributed by atoms with E-state index < -0.39 is 5.97 Å². The zero-order chi connectivity index (χ0) is 23.7. The topological polar surface area (TPSA) is 37.3 Å². The summed E-state index contributed by atoms with van der Waals surface area (Å²) in [6, 6.07) is 0. The molecule has 2 heteroatoms. The van der Waals surface area contributed by atoms with E-state index in [1.54, 1.807) is 0 Å².